The zero-order chi connectivity index (χ0) is 13.2. The van der Waals surface area contributed by atoms with Gasteiger partial charge < -0.3 is 15.2 Å². The lowest BCUT2D eigenvalue weighted by atomic mass is 9.91. The molecule has 2 unspecified atom stereocenters. The van der Waals surface area contributed by atoms with E-state index < -0.39 is 0 Å². The second-order valence-corrected chi connectivity index (χ2v) is 6.14. The monoisotopic (exact) mass is 262 g/mol. The molecule has 2 atom stereocenters. The van der Waals surface area contributed by atoms with E-state index in [1.807, 2.05) is 6.20 Å². The van der Waals surface area contributed by atoms with Gasteiger partial charge in [0, 0.05) is 37.6 Å². The molecule has 1 aliphatic carbocycles. The minimum absolute atomic E-state index is 0.371. The van der Waals surface area contributed by atoms with Crippen LogP contribution in [0.2, 0.25) is 0 Å². The average Bonchev–Trinajstić information content (AvgIpc) is 3.09. The molecule has 0 bridgehead atoms. The smallest absolute Gasteiger partial charge is 0.205 e. The van der Waals surface area contributed by atoms with Gasteiger partial charge in [-0.2, -0.15) is 0 Å². The van der Waals surface area contributed by atoms with Crippen molar-refractivity contribution in [2.24, 2.45) is 11.7 Å². The fourth-order valence-corrected chi connectivity index (χ4v) is 3.68. The van der Waals surface area contributed by atoms with Gasteiger partial charge in [0.05, 0.1) is 0 Å². The summed E-state index contributed by atoms with van der Waals surface area (Å²) in [5.41, 5.74) is 6.21. The van der Waals surface area contributed by atoms with Crippen LogP contribution in [0.25, 0.3) is 0 Å². The zero-order valence-electron chi connectivity index (χ0n) is 12.0. The third kappa shape index (κ3) is 2.50. The summed E-state index contributed by atoms with van der Waals surface area (Å²) in [6.07, 6.45) is 11.7. The molecule has 4 heteroatoms. The molecule has 4 nitrogen and oxygen atoms in total. The fourth-order valence-electron chi connectivity index (χ4n) is 3.68. The maximum absolute atomic E-state index is 6.21. The van der Waals surface area contributed by atoms with E-state index in [1.54, 1.807) is 0 Å². The van der Waals surface area contributed by atoms with Gasteiger partial charge in [-0.1, -0.05) is 26.2 Å². The molecule has 106 valence electrons. The Morgan fingerprint density at radius 3 is 2.84 bits per heavy atom. The quantitative estimate of drug-likeness (QED) is 0.910. The highest BCUT2D eigenvalue weighted by molar-refractivity contribution is 5.33. The number of hydrogen-bond acceptors (Lipinski definition) is 3. The van der Waals surface area contributed by atoms with Crippen LogP contribution in [-0.2, 0) is 0 Å². The predicted molar refractivity (Wildman–Crippen MR) is 78.3 cm³/mol. The van der Waals surface area contributed by atoms with Crippen molar-refractivity contribution in [3.05, 3.63) is 12.4 Å². The van der Waals surface area contributed by atoms with E-state index in [0.717, 1.165) is 19.5 Å². The topological polar surface area (TPSA) is 47.1 Å². The standard InChI is InChI=1S/C15H26N4/c1-2-12-11-18(9-7-14(12)16)15-17-8-10-19(15)13-5-3-4-6-13/h8,10,12-14H,2-7,9,11,16H2,1H3. The molecule has 1 saturated heterocycles. The molecule has 2 N–H and O–H groups in total. The maximum atomic E-state index is 6.21. The second kappa shape index (κ2) is 5.53. The first kappa shape index (κ1) is 13.0. The van der Waals surface area contributed by atoms with Crippen LogP contribution < -0.4 is 10.6 Å². The molecule has 1 aromatic heterocycles. The lowest BCUT2D eigenvalue weighted by molar-refractivity contribution is 0.341. The minimum atomic E-state index is 0.371. The number of nitrogens with two attached hydrogens (primary N) is 1. The van der Waals surface area contributed by atoms with Crippen LogP contribution in [0.3, 0.4) is 0 Å². The average molecular weight is 262 g/mol. The van der Waals surface area contributed by atoms with Crippen molar-refractivity contribution in [3.63, 3.8) is 0 Å². The Hall–Kier alpha value is -1.03. The van der Waals surface area contributed by atoms with Crippen molar-refractivity contribution < 1.29 is 0 Å². The van der Waals surface area contributed by atoms with Crippen LogP contribution in [-0.4, -0.2) is 28.7 Å². The van der Waals surface area contributed by atoms with E-state index in [2.05, 4.69) is 27.6 Å². The molecule has 0 amide bonds. The number of nitrogens with zero attached hydrogens (tertiary/aromatic N) is 3. The fraction of sp³-hybridized carbons (Fsp3) is 0.800. The van der Waals surface area contributed by atoms with E-state index in [4.69, 9.17) is 5.73 Å². The van der Waals surface area contributed by atoms with Gasteiger partial charge in [0.2, 0.25) is 5.95 Å². The van der Waals surface area contributed by atoms with Gasteiger partial charge in [0.25, 0.3) is 0 Å². The molecular formula is C15H26N4. The number of anilines is 1. The van der Waals surface area contributed by atoms with E-state index in [0.29, 0.717) is 18.0 Å². The summed E-state index contributed by atoms with van der Waals surface area (Å²) >= 11 is 0. The normalized spacial score (nSPS) is 29.1. The van der Waals surface area contributed by atoms with Crippen LogP contribution in [0.1, 0.15) is 51.5 Å². The van der Waals surface area contributed by atoms with Crippen molar-refractivity contribution in [1.29, 1.82) is 0 Å². The Bertz CT molecular complexity index is 408. The van der Waals surface area contributed by atoms with Crippen molar-refractivity contribution in [2.45, 2.75) is 57.5 Å². The zero-order valence-corrected chi connectivity index (χ0v) is 12.0. The minimum Gasteiger partial charge on any atom is -0.342 e. The molecule has 1 aromatic rings. The summed E-state index contributed by atoms with van der Waals surface area (Å²) in [6.45, 7) is 4.38. The van der Waals surface area contributed by atoms with Gasteiger partial charge in [0.1, 0.15) is 0 Å². The van der Waals surface area contributed by atoms with Gasteiger partial charge in [-0.15, -0.1) is 0 Å². The summed E-state index contributed by atoms with van der Waals surface area (Å²) < 4.78 is 2.41. The molecule has 2 fully saturated rings. The van der Waals surface area contributed by atoms with E-state index in [-0.39, 0.29) is 0 Å². The molecule has 2 heterocycles. The Kier molecular flexibility index (Phi) is 3.78. The SMILES string of the molecule is CCC1CN(c2nccn2C2CCCC2)CCC1N. The van der Waals surface area contributed by atoms with Crippen LogP contribution in [0.4, 0.5) is 5.95 Å². The molecular weight excluding hydrogens is 236 g/mol. The number of imidazole rings is 1. The Morgan fingerprint density at radius 1 is 1.32 bits per heavy atom. The number of rotatable bonds is 3. The molecule has 19 heavy (non-hydrogen) atoms. The molecule has 0 aromatic carbocycles. The number of piperidine rings is 1. The van der Waals surface area contributed by atoms with Crippen LogP contribution in [0.5, 0.6) is 0 Å². The van der Waals surface area contributed by atoms with Gasteiger partial charge >= 0.3 is 0 Å². The molecule has 0 spiro atoms. The summed E-state index contributed by atoms with van der Waals surface area (Å²) in [7, 11) is 0. The van der Waals surface area contributed by atoms with E-state index in [1.165, 1.54) is 38.1 Å². The summed E-state index contributed by atoms with van der Waals surface area (Å²) in [5, 5.41) is 0. The van der Waals surface area contributed by atoms with Crippen molar-refractivity contribution >= 4 is 5.95 Å². The molecule has 0 radical (unpaired) electrons. The molecule has 1 aliphatic heterocycles. The summed E-state index contributed by atoms with van der Waals surface area (Å²) in [4.78, 5) is 7.08. The summed E-state index contributed by atoms with van der Waals surface area (Å²) in [5.74, 6) is 1.79. The number of aromatic nitrogens is 2. The largest absolute Gasteiger partial charge is 0.342 e. The number of hydrogen-bond donors (Lipinski definition) is 1. The highest BCUT2D eigenvalue weighted by atomic mass is 15.3. The van der Waals surface area contributed by atoms with Gasteiger partial charge in [0.15, 0.2) is 0 Å². The Morgan fingerprint density at radius 2 is 2.11 bits per heavy atom. The van der Waals surface area contributed by atoms with Gasteiger partial charge in [-0.25, -0.2) is 4.98 Å². The predicted octanol–water partition coefficient (Wildman–Crippen LogP) is 2.56. The van der Waals surface area contributed by atoms with E-state index >= 15 is 0 Å². The lowest BCUT2D eigenvalue weighted by Gasteiger charge is -2.37. The van der Waals surface area contributed by atoms with Crippen molar-refractivity contribution in [2.75, 3.05) is 18.0 Å². The molecule has 1 saturated carbocycles. The van der Waals surface area contributed by atoms with Gasteiger partial charge in [-0.05, 0) is 25.2 Å². The Labute approximate surface area is 116 Å². The molecule has 2 aliphatic rings. The highest BCUT2D eigenvalue weighted by Crippen LogP contribution is 2.33. The Balaban J connectivity index is 1.77. The van der Waals surface area contributed by atoms with Crippen molar-refractivity contribution in [3.8, 4) is 0 Å². The first-order valence-electron chi connectivity index (χ1n) is 7.83. The summed E-state index contributed by atoms with van der Waals surface area (Å²) in [6, 6.07) is 1.05. The van der Waals surface area contributed by atoms with Crippen molar-refractivity contribution in [1.82, 2.24) is 9.55 Å². The first-order valence-corrected chi connectivity index (χ1v) is 7.83. The van der Waals surface area contributed by atoms with E-state index in [9.17, 15) is 0 Å². The van der Waals surface area contributed by atoms with Crippen LogP contribution >= 0.6 is 0 Å². The van der Waals surface area contributed by atoms with Crippen LogP contribution in [0.15, 0.2) is 12.4 Å². The lowest BCUT2D eigenvalue weighted by Crippen LogP contribution is -2.47. The first-order chi connectivity index (χ1) is 9.29. The molecule has 3 rings (SSSR count). The third-order valence-corrected chi connectivity index (χ3v) is 4.97. The highest BCUT2D eigenvalue weighted by Gasteiger charge is 2.29. The third-order valence-electron chi connectivity index (χ3n) is 4.97. The second-order valence-electron chi connectivity index (χ2n) is 6.14. The van der Waals surface area contributed by atoms with Crippen LogP contribution in [0, 0.1) is 5.92 Å². The van der Waals surface area contributed by atoms with Gasteiger partial charge in [-0.3, -0.25) is 0 Å². The maximum Gasteiger partial charge on any atom is 0.205 e.